The van der Waals surface area contributed by atoms with E-state index in [2.05, 4.69) is 6.92 Å². The summed E-state index contributed by atoms with van der Waals surface area (Å²) >= 11 is 0. The lowest BCUT2D eigenvalue weighted by Crippen LogP contribution is -2.31. The molecule has 11 heavy (non-hydrogen) atoms. The van der Waals surface area contributed by atoms with Crippen molar-refractivity contribution in [3.05, 3.63) is 6.92 Å². The predicted molar refractivity (Wildman–Crippen MR) is 44.1 cm³/mol. The van der Waals surface area contributed by atoms with Crippen LogP contribution in [-0.4, -0.2) is 24.4 Å². The summed E-state index contributed by atoms with van der Waals surface area (Å²) in [4.78, 5) is 0. The predicted octanol–water partition coefficient (Wildman–Crippen LogP) is 1.24. The lowest BCUT2D eigenvalue weighted by atomic mass is 9.87. The molecule has 0 spiro atoms. The molecule has 2 atom stereocenters. The van der Waals surface area contributed by atoms with Gasteiger partial charge in [-0.2, -0.15) is 0 Å². The average Bonchev–Trinajstić information content (AvgIpc) is 2.05. The van der Waals surface area contributed by atoms with Gasteiger partial charge in [0, 0.05) is 13.2 Å². The van der Waals surface area contributed by atoms with Crippen LogP contribution in [-0.2, 0) is 4.74 Å². The lowest BCUT2D eigenvalue weighted by Gasteiger charge is -2.28. The minimum absolute atomic E-state index is 0.137. The second kappa shape index (κ2) is 4.07. The van der Waals surface area contributed by atoms with Gasteiger partial charge >= 0.3 is 0 Å². The molecule has 1 fully saturated rings. The summed E-state index contributed by atoms with van der Waals surface area (Å²) in [6.45, 7) is 7.38. The maximum absolute atomic E-state index is 9.63. The number of aliphatic hydroxyl groups excluding tert-OH is 1. The zero-order chi connectivity index (χ0) is 8.27. The maximum Gasteiger partial charge on any atom is 0.0595 e. The Bertz CT molecular complexity index is 106. The van der Waals surface area contributed by atoms with Crippen LogP contribution in [0.15, 0.2) is 0 Å². The zero-order valence-corrected chi connectivity index (χ0v) is 7.12. The summed E-state index contributed by atoms with van der Waals surface area (Å²) in [6.07, 6.45) is 1.74. The summed E-state index contributed by atoms with van der Waals surface area (Å²) in [5.41, 5.74) is 0. The topological polar surface area (TPSA) is 29.5 Å². The normalized spacial score (nSPS) is 24.0. The highest BCUT2D eigenvalue weighted by Crippen LogP contribution is 2.22. The van der Waals surface area contributed by atoms with Crippen LogP contribution in [0.25, 0.3) is 0 Å². The van der Waals surface area contributed by atoms with Crippen molar-refractivity contribution in [2.75, 3.05) is 13.2 Å². The van der Waals surface area contributed by atoms with Crippen molar-refractivity contribution >= 4 is 0 Å². The first-order valence-electron chi connectivity index (χ1n) is 4.30. The van der Waals surface area contributed by atoms with Crippen molar-refractivity contribution in [3.8, 4) is 0 Å². The summed E-state index contributed by atoms with van der Waals surface area (Å²) in [5, 5.41) is 9.63. The Kier molecular flexibility index (Phi) is 3.34. The molecule has 1 aliphatic rings. The largest absolute Gasteiger partial charge is 0.393 e. The van der Waals surface area contributed by atoms with Gasteiger partial charge in [0.05, 0.1) is 6.10 Å². The number of hydrogen-bond acceptors (Lipinski definition) is 2. The third-order valence-corrected chi connectivity index (χ3v) is 2.33. The zero-order valence-electron chi connectivity index (χ0n) is 7.12. The van der Waals surface area contributed by atoms with E-state index in [1.807, 2.05) is 6.92 Å². The van der Waals surface area contributed by atoms with E-state index in [0.717, 1.165) is 26.1 Å². The van der Waals surface area contributed by atoms with E-state index in [9.17, 15) is 5.11 Å². The Labute approximate surface area is 68.6 Å². The van der Waals surface area contributed by atoms with E-state index in [0.29, 0.717) is 5.92 Å². The first-order valence-corrected chi connectivity index (χ1v) is 4.30. The van der Waals surface area contributed by atoms with Crippen LogP contribution in [0.1, 0.15) is 19.8 Å². The summed E-state index contributed by atoms with van der Waals surface area (Å²) in [7, 11) is 0. The SMILES string of the molecule is [CH2]C(C)C(O)C1CCOCC1. The van der Waals surface area contributed by atoms with E-state index < -0.39 is 0 Å². The van der Waals surface area contributed by atoms with Gasteiger partial charge in [-0.1, -0.05) is 6.92 Å². The van der Waals surface area contributed by atoms with Gasteiger partial charge in [0.1, 0.15) is 0 Å². The highest BCUT2D eigenvalue weighted by molar-refractivity contribution is 4.76. The smallest absolute Gasteiger partial charge is 0.0595 e. The molecular weight excluding hydrogens is 140 g/mol. The van der Waals surface area contributed by atoms with E-state index in [1.165, 1.54) is 0 Å². The van der Waals surface area contributed by atoms with Crippen molar-refractivity contribution in [1.82, 2.24) is 0 Å². The molecule has 0 amide bonds. The highest BCUT2D eigenvalue weighted by atomic mass is 16.5. The summed E-state index contributed by atoms with van der Waals surface area (Å²) in [6, 6.07) is 0. The first kappa shape index (κ1) is 9.01. The van der Waals surface area contributed by atoms with Crippen molar-refractivity contribution in [3.63, 3.8) is 0 Å². The molecule has 0 aliphatic carbocycles. The molecule has 0 aromatic heterocycles. The minimum Gasteiger partial charge on any atom is -0.393 e. The van der Waals surface area contributed by atoms with Crippen LogP contribution in [0, 0.1) is 18.8 Å². The summed E-state index contributed by atoms with van der Waals surface area (Å²) < 4.78 is 5.20. The fraction of sp³-hybridized carbons (Fsp3) is 0.889. The van der Waals surface area contributed by atoms with Gasteiger partial charge < -0.3 is 9.84 Å². The Morgan fingerprint density at radius 2 is 2.00 bits per heavy atom. The monoisotopic (exact) mass is 157 g/mol. The second-order valence-corrected chi connectivity index (χ2v) is 3.42. The lowest BCUT2D eigenvalue weighted by molar-refractivity contribution is -0.00608. The van der Waals surface area contributed by atoms with Crippen LogP contribution in [0.2, 0.25) is 0 Å². The molecule has 2 heteroatoms. The average molecular weight is 157 g/mol. The van der Waals surface area contributed by atoms with Crippen LogP contribution in [0.3, 0.4) is 0 Å². The van der Waals surface area contributed by atoms with Crippen LogP contribution < -0.4 is 0 Å². The Hall–Kier alpha value is -0.0800. The van der Waals surface area contributed by atoms with Gasteiger partial charge in [0.15, 0.2) is 0 Å². The molecule has 1 rings (SSSR count). The van der Waals surface area contributed by atoms with E-state index in [-0.39, 0.29) is 12.0 Å². The Morgan fingerprint density at radius 1 is 1.45 bits per heavy atom. The maximum atomic E-state index is 9.63. The summed E-state index contributed by atoms with van der Waals surface area (Å²) in [5.74, 6) is 0.550. The van der Waals surface area contributed by atoms with Gasteiger partial charge in [-0.05, 0) is 31.6 Å². The quantitative estimate of drug-likeness (QED) is 0.653. The molecule has 65 valence electrons. The molecule has 1 aliphatic heterocycles. The van der Waals surface area contributed by atoms with E-state index in [1.54, 1.807) is 0 Å². The van der Waals surface area contributed by atoms with Crippen LogP contribution >= 0.6 is 0 Å². The molecule has 0 saturated carbocycles. The van der Waals surface area contributed by atoms with E-state index in [4.69, 9.17) is 4.74 Å². The third-order valence-electron chi connectivity index (χ3n) is 2.33. The molecule has 0 bridgehead atoms. The van der Waals surface area contributed by atoms with Crippen LogP contribution in [0.4, 0.5) is 0 Å². The van der Waals surface area contributed by atoms with Gasteiger partial charge in [-0.3, -0.25) is 0 Å². The molecule has 1 heterocycles. The number of hydrogen-bond donors (Lipinski definition) is 1. The first-order chi connectivity index (χ1) is 5.22. The van der Waals surface area contributed by atoms with Crippen molar-refractivity contribution in [2.45, 2.75) is 25.9 Å². The number of ether oxygens (including phenoxy) is 1. The van der Waals surface area contributed by atoms with Gasteiger partial charge in [0.2, 0.25) is 0 Å². The fourth-order valence-electron chi connectivity index (χ4n) is 1.52. The number of aliphatic hydroxyl groups is 1. The Balaban J connectivity index is 2.32. The third kappa shape index (κ3) is 2.46. The van der Waals surface area contributed by atoms with Gasteiger partial charge in [-0.25, -0.2) is 0 Å². The van der Waals surface area contributed by atoms with E-state index >= 15 is 0 Å². The van der Waals surface area contributed by atoms with Crippen molar-refractivity contribution in [2.24, 2.45) is 11.8 Å². The fourth-order valence-corrected chi connectivity index (χ4v) is 1.52. The highest BCUT2D eigenvalue weighted by Gasteiger charge is 2.23. The van der Waals surface area contributed by atoms with Crippen molar-refractivity contribution < 1.29 is 9.84 Å². The molecule has 1 N–H and O–H groups in total. The van der Waals surface area contributed by atoms with Crippen LogP contribution in [0.5, 0.6) is 0 Å². The standard InChI is InChI=1S/C9H17O2/c1-7(2)9(10)8-3-5-11-6-4-8/h7-10H,1,3-6H2,2H3. The molecule has 2 nitrogen and oxygen atoms in total. The van der Waals surface area contributed by atoms with Gasteiger partial charge in [0.25, 0.3) is 0 Å². The molecular formula is C9H17O2. The molecule has 0 aromatic carbocycles. The molecule has 1 radical (unpaired) electrons. The van der Waals surface area contributed by atoms with Crippen molar-refractivity contribution in [1.29, 1.82) is 0 Å². The number of rotatable bonds is 2. The second-order valence-electron chi connectivity index (χ2n) is 3.42. The Morgan fingerprint density at radius 3 is 2.45 bits per heavy atom. The molecule has 1 saturated heterocycles. The minimum atomic E-state index is -0.237. The molecule has 2 unspecified atom stereocenters. The molecule has 0 aromatic rings. The van der Waals surface area contributed by atoms with Gasteiger partial charge in [-0.15, -0.1) is 0 Å².